The van der Waals surface area contributed by atoms with Crippen molar-refractivity contribution in [1.29, 1.82) is 0 Å². The predicted molar refractivity (Wildman–Crippen MR) is 66.7 cm³/mol. The lowest BCUT2D eigenvalue weighted by molar-refractivity contribution is 0.202. The fourth-order valence-corrected chi connectivity index (χ4v) is 3.43. The van der Waals surface area contributed by atoms with Crippen LogP contribution in [0.25, 0.3) is 0 Å². The third-order valence-corrected chi connectivity index (χ3v) is 4.41. The van der Waals surface area contributed by atoms with Gasteiger partial charge < -0.3 is 0 Å². The Bertz CT molecular complexity index is 293. The molecule has 15 heavy (non-hydrogen) atoms. The van der Waals surface area contributed by atoms with E-state index >= 15 is 0 Å². The predicted octanol–water partition coefficient (Wildman–Crippen LogP) is 4.58. The molecule has 84 valence electrons. The molecule has 2 aliphatic rings. The van der Waals surface area contributed by atoms with Gasteiger partial charge in [-0.1, -0.05) is 44.1 Å². The third-order valence-electron chi connectivity index (χ3n) is 4.41. The van der Waals surface area contributed by atoms with E-state index in [0.29, 0.717) is 0 Å². The lowest BCUT2D eigenvalue weighted by atomic mass is 9.64. The molecule has 1 saturated carbocycles. The topological polar surface area (TPSA) is 0 Å². The molecule has 0 spiro atoms. The summed E-state index contributed by atoms with van der Waals surface area (Å²) in [6.07, 6.45) is 8.92. The van der Waals surface area contributed by atoms with E-state index < -0.39 is 0 Å². The van der Waals surface area contributed by atoms with E-state index in [-0.39, 0.29) is 0 Å². The maximum atomic E-state index is 2.42. The molecule has 0 nitrogen and oxygen atoms in total. The van der Waals surface area contributed by atoms with E-state index in [4.69, 9.17) is 0 Å². The third kappa shape index (κ3) is 2.04. The Hall–Kier alpha value is -0.520. The summed E-state index contributed by atoms with van der Waals surface area (Å²) in [5, 5.41) is 0. The van der Waals surface area contributed by atoms with E-state index in [2.05, 4.69) is 39.8 Å². The van der Waals surface area contributed by atoms with Gasteiger partial charge in [0.1, 0.15) is 0 Å². The molecule has 3 atom stereocenters. The zero-order valence-corrected chi connectivity index (χ0v) is 10.6. The quantitative estimate of drug-likeness (QED) is 0.586. The molecular weight excluding hydrogens is 180 g/mol. The molecule has 2 rings (SSSR count). The molecule has 0 saturated heterocycles. The van der Waals surface area contributed by atoms with Gasteiger partial charge in [-0.2, -0.15) is 0 Å². The summed E-state index contributed by atoms with van der Waals surface area (Å²) in [6, 6.07) is 0. The lowest BCUT2D eigenvalue weighted by Crippen LogP contribution is -2.31. The number of allylic oxidation sites excluding steroid dienone is 4. The molecule has 0 N–H and O–H groups in total. The van der Waals surface area contributed by atoms with E-state index in [1.165, 1.54) is 19.3 Å². The Morgan fingerprint density at radius 1 is 1.20 bits per heavy atom. The molecule has 0 bridgehead atoms. The van der Waals surface area contributed by atoms with Crippen LogP contribution in [0.15, 0.2) is 23.3 Å². The van der Waals surface area contributed by atoms with Crippen molar-refractivity contribution in [2.75, 3.05) is 0 Å². The maximum Gasteiger partial charge on any atom is -0.0129 e. The van der Waals surface area contributed by atoms with Crippen LogP contribution >= 0.6 is 0 Å². The van der Waals surface area contributed by atoms with E-state index in [1.54, 1.807) is 11.1 Å². The van der Waals surface area contributed by atoms with Gasteiger partial charge in [-0.05, 0) is 49.9 Å². The monoisotopic (exact) mass is 204 g/mol. The van der Waals surface area contributed by atoms with Gasteiger partial charge in [0, 0.05) is 0 Å². The van der Waals surface area contributed by atoms with Gasteiger partial charge in [-0.15, -0.1) is 0 Å². The summed E-state index contributed by atoms with van der Waals surface area (Å²) < 4.78 is 0. The maximum absolute atomic E-state index is 2.42. The van der Waals surface area contributed by atoms with Crippen molar-refractivity contribution in [1.82, 2.24) is 0 Å². The van der Waals surface area contributed by atoms with Crippen molar-refractivity contribution in [3.63, 3.8) is 0 Å². The number of hydrogen-bond donors (Lipinski definition) is 0. The van der Waals surface area contributed by atoms with Gasteiger partial charge in [0.25, 0.3) is 0 Å². The highest BCUT2D eigenvalue weighted by atomic mass is 14.4. The average molecular weight is 204 g/mol. The van der Waals surface area contributed by atoms with Crippen LogP contribution in [0.2, 0.25) is 0 Å². The highest BCUT2D eigenvalue weighted by molar-refractivity contribution is 5.29. The summed E-state index contributed by atoms with van der Waals surface area (Å²) in [7, 11) is 0. The van der Waals surface area contributed by atoms with Crippen LogP contribution in [0.4, 0.5) is 0 Å². The van der Waals surface area contributed by atoms with Crippen LogP contribution in [-0.2, 0) is 0 Å². The van der Waals surface area contributed by atoms with E-state index in [9.17, 15) is 0 Å². The first-order valence-corrected chi connectivity index (χ1v) is 6.47. The van der Waals surface area contributed by atoms with E-state index in [0.717, 1.165) is 23.7 Å². The van der Waals surface area contributed by atoms with Crippen LogP contribution < -0.4 is 0 Å². The van der Waals surface area contributed by atoms with Crippen molar-refractivity contribution >= 4 is 0 Å². The molecule has 0 radical (unpaired) electrons. The van der Waals surface area contributed by atoms with Crippen LogP contribution in [0.1, 0.15) is 47.0 Å². The molecule has 1 fully saturated rings. The second-order valence-corrected chi connectivity index (χ2v) is 5.88. The fraction of sp³-hybridized carbons (Fsp3) is 0.733. The Labute approximate surface area is 94.5 Å². The Morgan fingerprint density at radius 2 is 1.93 bits per heavy atom. The Balaban J connectivity index is 2.25. The minimum absolute atomic E-state index is 0.828. The first-order chi connectivity index (χ1) is 7.09. The average Bonchev–Trinajstić information content (AvgIpc) is 2.17. The van der Waals surface area contributed by atoms with Crippen LogP contribution in [0.5, 0.6) is 0 Å². The highest BCUT2D eigenvalue weighted by Crippen LogP contribution is 2.46. The standard InChI is InChI=1S/C15H24/c1-10(2)13-8-6-12(4)14-7-5-11(3)9-15(13)14/h5,7,10,12-13,15H,6,8-9H2,1-4H3/t12-,13+,15?/m0/s1. The Morgan fingerprint density at radius 3 is 2.60 bits per heavy atom. The summed E-state index contributed by atoms with van der Waals surface area (Å²) in [5.41, 5.74) is 3.31. The van der Waals surface area contributed by atoms with Crippen LogP contribution in [-0.4, -0.2) is 0 Å². The largest absolute Gasteiger partial charge is 0.0727 e. The van der Waals surface area contributed by atoms with Gasteiger partial charge in [0.15, 0.2) is 0 Å². The van der Waals surface area contributed by atoms with Crippen LogP contribution in [0, 0.1) is 23.7 Å². The van der Waals surface area contributed by atoms with Gasteiger partial charge >= 0.3 is 0 Å². The Kier molecular flexibility index (Phi) is 3.04. The normalized spacial score (nSPS) is 35.9. The zero-order valence-electron chi connectivity index (χ0n) is 10.6. The second kappa shape index (κ2) is 4.15. The minimum atomic E-state index is 0.828. The summed E-state index contributed by atoms with van der Waals surface area (Å²) in [5.74, 6) is 3.46. The van der Waals surface area contributed by atoms with Gasteiger partial charge in [-0.25, -0.2) is 0 Å². The number of fused-ring (bicyclic) bond motifs is 1. The molecule has 1 unspecified atom stereocenters. The highest BCUT2D eigenvalue weighted by Gasteiger charge is 2.35. The molecule has 0 amide bonds. The number of rotatable bonds is 1. The van der Waals surface area contributed by atoms with Crippen LogP contribution in [0.3, 0.4) is 0 Å². The first-order valence-electron chi connectivity index (χ1n) is 6.47. The van der Waals surface area contributed by atoms with Crippen molar-refractivity contribution < 1.29 is 0 Å². The zero-order chi connectivity index (χ0) is 11.0. The molecular formula is C15H24. The SMILES string of the molecule is CC1=CC=C2C(C1)[C@@H](C(C)C)CC[C@@H]2C. The van der Waals surface area contributed by atoms with Crippen molar-refractivity contribution in [3.8, 4) is 0 Å². The number of hydrogen-bond acceptors (Lipinski definition) is 0. The van der Waals surface area contributed by atoms with E-state index in [1.807, 2.05) is 0 Å². The van der Waals surface area contributed by atoms with Crippen molar-refractivity contribution in [2.45, 2.75) is 47.0 Å². The van der Waals surface area contributed by atoms with Gasteiger partial charge in [0.05, 0.1) is 0 Å². The molecule has 0 aliphatic heterocycles. The fourth-order valence-electron chi connectivity index (χ4n) is 3.43. The summed E-state index contributed by atoms with van der Waals surface area (Å²) in [6.45, 7) is 9.48. The second-order valence-electron chi connectivity index (χ2n) is 5.88. The summed E-state index contributed by atoms with van der Waals surface area (Å²) >= 11 is 0. The van der Waals surface area contributed by atoms with Gasteiger partial charge in [-0.3, -0.25) is 0 Å². The molecule has 0 heteroatoms. The minimum Gasteiger partial charge on any atom is -0.0727 e. The molecule has 2 aliphatic carbocycles. The molecule has 0 aromatic carbocycles. The molecule has 0 aromatic rings. The van der Waals surface area contributed by atoms with Crippen molar-refractivity contribution in [2.24, 2.45) is 23.7 Å². The van der Waals surface area contributed by atoms with Crippen molar-refractivity contribution in [3.05, 3.63) is 23.3 Å². The lowest BCUT2D eigenvalue weighted by Gasteiger charge is -2.41. The summed E-state index contributed by atoms with van der Waals surface area (Å²) in [4.78, 5) is 0. The molecule has 0 heterocycles. The first kappa shape index (κ1) is 11.0. The smallest absolute Gasteiger partial charge is 0.0129 e. The molecule has 0 aromatic heterocycles. The van der Waals surface area contributed by atoms with Gasteiger partial charge in [0.2, 0.25) is 0 Å².